The van der Waals surface area contributed by atoms with Crippen molar-refractivity contribution in [3.8, 4) is 11.3 Å². The molecule has 0 aliphatic carbocycles. The van der Waals surface area contributed by atoms with E-state index in [2.05, 4.69) is 25.5 Å². The van der Waals surface area contributed by atoms with Gasteiger partial charge in [-0.1, -0.05) is 11.6 Å². The molecule has 3 N–H and O–H groups in total. The number of amides is 2. The average molecular weight is 448 g/mol. The number of methoxy groups -OCH3 is 1. The first-order valence-corrected chi connectivity index (χ1v) is 9.32. The van der Waals surface area contributed by atoms with Crippen LogP contribution in [0.3, 0.4) is 0 Å². The molecule has 0 radical (unpaired) electrons. The minimum absolute atomic E-state index is 0.00971. The van der Waals surface area contributed by atoms with Crippen molar-refractivity contribution in [2.45, 2.75) is 20.0 Å². The smallest absolute Gasteiger partial charge is 0.411 e. The highest BCUT2D eigenvalue weighted by molar-refractivity contribution is 6.31. The number of H-pyrrole nitrogens is 1. The van der Waals surface area contributed by atoms with E-state index >= 15 is 0 Å². The molecule has 2 aromatic heterocycles. The highest BCUT2D eigenvalue weighted by atomic mass is 35.5. The summed E-state index contributed by atoms with van der Waals surface area (Å²) < 4.78 is 10.6. The number of rotatable bonds is 6. The van der Waals surface area contributed by atoms with Crippen molar-refractivity contribution in [1.82, 2.24) is 20.0 Å². The Labute approximate surface area is 180 Å². The van der Waals surface area contributed by atoms with Crippen LogP contribution in [0.25, 0.3) is 11.3 Å². The summed E-state index contributed by atoms with van der Waals surface area (Å²) >= 11 is 6.00. The lowest BCUT2D eigenvalue weighted by Crippen LogP contribution is -2.33. The Hall–Kier alpha value is -3.86. The van der Waals surface area contributed by atoms with E-state index in [9.17, 15) is 19.2 Å². The summed E-state index contributed by atoms with van der Waals surface area (Å²) in [5, 5.41) is 7.56. The molecule has 0 saturated carbocycles. The number of carbonyl (C=O) groups excluding carboxylic acids is 2. The fraction of sp³-hybridized carbons (Fsp3) is 0.211. The van der Waals surface area contributed by atoms with Gasteiger partial charge in [-0.25, -0.2) is 9.78 Å². The second-order valence-electron chi connectivity index (χ2n) is 6.38. The maximum Gasteiger partial charge on any atom is 0.411 e. The zero-order valence-electron chi connectivity index (χ0n) is 16.5. The molecule has 12 heteroatoms. The largest absolute Gasteiger partial charge is 0.453 e. The van der Waals surface area contributed by atoms with Gasteiger partial charge in [0.15, 0.2) is 5.76 Å². The molecule has 11 nitrogen and oxygen atoms in total. The molecule has 1 aromatic carbocycles. The Morgan fingerprint density at radius 3 is 2.68 bits per heavy atom. The number of halogens is 1. The second kappa shape index (κ2) is 9.30. The van der Waals surface area contributed by atoms with Gasteiger partial charge < -0.3 is 14.6 Å². The van der Waals surface area contributed by atoms with Gasteiger partial charge in [0.05, 0.1) is 25.0 Å². The minimum Gasteiger partial charge on any atom is -0.453 e. The summed E-state index contributed by atoms with van der Waals surface area (Å²) in [6, 6.07) is 7.16. The molecule has 31 heavy (non-hydrogen) atoms. The monoisotopic (exact) mass is 447 g/mol. The third-order valence-corrected chi connectivity index (χ3v) is 4.45. The lowest BCUT2D eigenvalue weighted by Gasteiger charge is -2.13. The molecule has 3 aromatic rings. The van der Waals surface area contributed by atoms with Gasteiger partial charge in [0.25, 0.3) is 11.1 Å². The van der Waals surface area contributed by atoms with Crippen LogP contribution < -0.4 is 21.8 Å². The van der Waals surface area contributed by atoms with Crippen LogP contribution in [0.2, 0.25) is 5.02 Å². The molecule has 0 aliphatic heterocycles. The first-order chi connectivity index (χ1) is 14.8. The molecule has 2 amide bonds. The Morgan fingerprint density at radius 2 is 2.03 bits per heavy atom. The lowest BCUT2D eigenvalue weighted by molar-refractivity contribution is -0.122. The topological polar surface area (TPSA) is 148 Å². The second-order valence-corrected chi connectivity index (χ2v) is 6.81. The zero-order valence-corrected chi connectivity index (χ0v) is 17.3. The SMILES string of the molecule is COC(=O)Nc1cc(Cl)ccc1-c1cc(=O)n(CC(=O)NCc2cc(=O)[nH]o2)c(C)n1. The number of anilines is 1. The molecule has 0 aliphatic rings. The molecular weight excluding hydrogens is 430 g/mol. The molecule has 0 bridgehead atoms. The third-order valence-electron chi connectivity index (χ3n) is 4.22. The summed E-state index contributed by atoms with van der Waals surface area (Å²) in [5.74, 6) is 0.0669. The van der Waals surface area contributed by atoms with E-state index < -0.39 is 23.1 Å². The van der Waals surface area contributed by atoms with Gasteiger partial charge in [0.2, 0.25) is 5.91 Å². The maximum atomic E-state index is 12.6. The Morgan fingerprint density at radius 1 is 1.26 bits per heavy atom. The number of hydrogen-bond donors (Lipinski definition) is 3. The standard InChI is InChI=1S/C19H18ClN5O6/c1-10-22-15(13-4-3-11(20)5-14(13)23-19(29)30-2)7-18(28)25(10)9-17(27)21-8-12-6-16(26)24-31-12/h3-7H,8-9H2,1-2H3,(H,21,27)(H,23,29)(H,24,26). The molecule has 0 fully saturated rings. The highest BCUT2D eigenvalue weighted by Crippen LogP contribution is 2.29. The number of ether oxygens (including phenoxy) is 1. The van der Waals surface area contributed by atoms with Crippen molar-refractivity contribution in [3.63, 3.8) is 0 Å². The highest BCUT2D eigenvalue weighted by Gasteiger charge is 2.15. The van der Waals surface area contributed by atoms with Crippen LogP contribution in [0.5, 0.6) is 0 Å². The van der Waals surface area contributed by atoms with E-state index in [0.717, 1.165) is 0 Å². The summed E-state index contributed by atoms with van der Waals surface area (Å²) in [5.41, 5.74) is 0.170. The number of nitrogens with zero attached hydrogens (tertiary/aromatic N) is 2. The Bertz CT molecular complexity index is 1250. The van der Waals surface area contributed by atoms with Gasteiger partial charge in [-0.2, -0.15) is 5.16 Å². The fourth-order valence-corrected chi connectivity index (χ4v) is 2.92. The maximum absolute atomic E-state index is 12.6. The van der Waals surface area contributed by atoms with Crippen LogP contribution in [-0.4, -0.2) is 33.8 Å². The first-order valence-electron chi connectivity index (χ1n) is 8.94. The summed E-state index contributed by atoms with van der Waals surface area (Å²) in [4.78, 5) is 51.9. The number of carbonyl (C=O) groups is 2. The van der Waals surface area contributed by atoms with E-state index in [1.807, 2.05) is 0 Å². The Balaban J connectivity index is 1.82. The minimum atomic E-state index is -0.705. The number of hydrogen-bond acceptors (Lipinski definition) is 7. The van der Waals surface area contributed by atoms with Crippen LogP contribution in [0.4, 0.5) is 10.5 Å². The number of benzene rings is 1. The van der Waals surface area contributed by atoms with E-state index in [0.29, 0.717) is 16.3 Å². The fourth-order valence-electron chi connectivity index (χ4n) is 2.75. The van der Waals surface area contributed by atoms with Gasteiger partial charge in [-0.05, 0) is 25.1 Å². The van der Waals surface area contributed by atoms with Gasteiger partial charge >= 0.3 is 6.09 Å². The number of aryl methyl sites for hydroxylation is 1. The van der Waals surface area contributed by atoms with Gasteiger partial charge in [-0.3, -0.25) is 24.3 Å². The van der Waals surface area contributed by atoms with Crippen LogP contribution in [-0.2, 0) is 22.6 Å². The summed E-state index contributed by atoms with van der Waals surface area (Å²) in [6.45, 7) is 1.29. The van der Waals surface area contributed by atoms with Gasteiger partial charge in [-0.15, -0.1) is 0 Å². The molecule has 162 valence electrons. The van der Waals surface area contributed by atoms with Crippen molar-refractivity contribution < 1.29 is 18.8 Å². The van der Waals surface area contributed by atoms with Crippen LogP contribution >= 0.6 is 11.6 Å². The van der Waals surface area contributed by atoms with E-state index in [1.54, 1.807) is 19.1 Å². The normalized spacial score (nSPS) is 10.5. The van der Waals surface area contributed by atoms with E-state index in [4.69, 9.17) is 16.1 Å². The van der Waals surface area contributed by atoms with Gasteiger partial charge in [0.1, 0.15) is 12.4 Å². The van der Waals surface area contributed by atoms with Crippen molar-refractivity contribution >= 4 is 29.3 Å². The lowest BCUT2D eigenvalue weighted by atomic mass is 10.1. The van der Waals surface area contributed by atoms with Crippen molar-refractivity contribution in [2.75, 3.05) is 12.4 Å². The molecule has 2 heterocycles. The molecule has 0 atom stereocenters. The zero-order chi connectivity index (χ0) is 22.5. The first kappa shape index (κ1) is 21.8. The van der Waals surface area contributed by atoms with E-state index in [-0.39, 0.29) is 30.4 Å². The third kappa shape index (κ3) is 5.39. The number of aromatic amines is 1. The van der Waals surface area contributed by atoms with Crippen molar-refractivity contribution in [2.24, 2.45) is 0 Å². The number of aromatic nitrogens is 3. The van der Waals surface area contributed by atoms with Crippen LogP contribution in [0, 0.1) is 6.92 Å². The van der Waals surface area contributed by atoms with Gasteiger partial charge in [0, 0.05) is 22.7 Å². The predicted octanol–water partition coefficient (Wildman–Crippen LogP) is 1.65. The average Bonchev–Trinajstić information content (AvgIpc) is 3.14. The molecule has 0 spiro atoms. The Kier molecular flexibility index (Phi) is 6.55. The van der Waals surface area contributed by atoms with Crippen LogP contribution in [0.1, 0.15) is 11.6 Å². The van der Waals surface area contributed by atoms with E-state index in [1.165, 1.54) is 29.9 Å². The quantitative estimate of drug-likeness (QED) is 0.520. The van der Waals surface area contributed by atoms with Crippen molar-refractivity contribution in [1.29, 1.82) is 0 Å². The predicted molar refractivity (Wildman–Crippen MR) is 111 cm³/mol. The molecule has 0 unspecified atom stereocenters. The molecule has 0 saturated heterocycles. The van der Waals surface area contributed by atoms with Crippen LogP contribution in [0.15, 0.2) is 44.4 Å². The molecular formula is C19H18ClN5O6. The molecule has 3 rings (SSSR count). The number of nitrogens with one attached hydrogen (secondary N) is 3. The summed E-state index contributed by atoms with van der Waals surface area (Å²) in [6.07, 6.45) is -0.705. The van der Waals surface area contributed by atoms with Crippen molar-refractivity contribution in [3.05, 3.63) is 67.6 Å². The summed E-state index contributed by atoms with van der Waals surface area (Å²) in [7, 11) is 1.22.